The molecule has 3 heterocycles. The molecule has 1 aliphatic rings. The molecule has 0 amide bonds. The molecule has 3 rings (SSSR count). The molecule has 2 aromatic rings. The van der Waals surface area contributed by atoms with Gasteiger partial charge >= 0.3 is 0 Å². The van der Waals surface area contributed by atoms with Crippen LogP contribution in [0.2, 0.25) is 0 Å². The van der Waals surface area contributed by atoms with Gasteiger partial charge in [0.15, 0.2) is 0 Å². The second-order valence-corrected chi connectivity index (χ2v) is 7.80. The van der Waals surface area contributed by atoms with Crippen molar-refractivity contribution in [1.82, 2.24) is 10.2 Å². The van der Waals surface area contributed by atoms with E-state index >= 15 is 0 Å². The summed E-state index contributed by atoms with van der Waals surface area (Å²) in [4.78, 5) is 4.04. The summed E-state index contributed by atoms with van der Waals surface area (Å²) in [5.74, 6) is 1.10. The van der Waals surface area contributed by atoms with Crippen LogP contribution in [0.5, 0.6) is 0 Å². The predicted octanol–water partition coefficient (Wildman–Crippen LogP) is 3.79. The third-order valence-corrected chi connectivity index (χ3v) is 4.92. The van der Waals surface area contributed by atoms with Gasteiger partial charge in [-0.2, -0.15) is 0 Å². The van der Waals surface area contributed by atoms with E-state index in [1.165, 1.54) is 17.5 Å². The van der Waals surface area contributed by atoms with Gasteiger partial charge in [0.1, 0.15) is 5.76 Å². The maximum absolute atomic E-state index is 5.72. The first-order chi connectivity index (χ1) is 10.0. The third kappa shape index (κ3) is 3.76. The first-order valence-electron chi connectivity index (χ1n) is 7.59. The van der Waals surface area contributed by atoms with Crippen LogP contribution >= 0.6 is 11.3 Å². The number of hydrogen-bond acceptors (Lipinski definition) is 4. The molecule has 0 atom stereocenters. The van der Waals surface area contributed by atoms with Crippen molar-refractivity contribution in [2.75, 3.05) is 6.54 Å². The van der Waals surface area contributed by atoms with Crippen LogP contribution < -0.4 is 5.32 Å². The molecule has 0 spiro atoms. The van der Waals surface area contributed by atoms with Gasteiger partial charge < -0.3 is 9.73 Å². The zero-order chi connectivity index (χ0) is 14.9. The molecule has 0 saturated heterocycles. The molecule has 2 aromatic heterocycles. The van der Waals surface area contributed by atoms with Crippen molar-refractivity contribution < 1.29 is 4.42 Å². The average molecular weight is 304 g/mol. The van der Waals surface area contributed by atoms with E-state index in [2.05, 4.69) is 48.5 Å². The lowest BCUT2D eigenvalue weighted by Crippen LogP contribution is -2.35. The minimum atomic E-state index is 0.130. The normalized spacial score (nSPS) is 16.1. The third-order valence-electron chi connectivity index (χ3n) is 3.90. The Bertz CT molecular complexity index is 594. The molecule has 0 fully saturated rings. The fourth-order valence-electron chi connectivity index (χ4n) is 2.67. The van der Waals surface area contributed by atoms with Crippen molar-refractivity contribution in [3.05, 3.63) is 45.5 Å². The zero-order valence-corrected chi connectivity index (χ0v) is 13.9. The molecule has 3 nitrogen and oxygen atoms in total. The van der Waals surface area contributed by atoms with Gasteiger partial charge in [-0.15, -0.1) is 11.3 Å². The summed E-state index contributed by atoms with van der Waals surface area (Å²) < 4.78 is 5.72. The number of thiophene rings is 1. The van der Waals surface area contributed by atoms with Crippen LogP contribution in [0.4, 0.5) is 0 Å². The maximum atomic E-state index is 5.72. The van der Waals surface area contributed by atoms with Gasteiger partial charge in [-0.1, -0.05) is 0 Å². The molecular weight excluding hydrogens is 280 g/mol. The lowest BCUT2D eigenvalue weighted by Gasteiger charge is -2.26. The molecular formula is C17H24N2OS. The summed E-state index contributed by atoms with van der Waals surface area (Å²) in [7, 11) is 0. The van der Waals surface area contributed by atoms with Crippen LogP contribution in [0.15, 0.2) is 28.2 Å². The summed E-state index contributed by atoms with van der Waals surface area (Å²) >= 11 is 1.89. The van der Waals surface area contributed by atoms with Gasteiger partial charge in [-0.25, -0.2) is 0 Å². The predicted molar refractivity (Wildman–Crippen MR) is 87.4 cm³/mol. The van der Waals surface area contributed by atoms with E-state index in [9.17, 15) is 0 Å². The highest BCUT2D eigenvalue weighted by Gasteiger charge is 2.20. The number of hydrogen-bond donors (Lipinski definition) is 1. The average Bonchev–Trinajstić information content (AvgIpc) is 3.04. The Kier molecular flexibility index (Phi) is 4.20. The first kappa shape index (κ1) is 14.8. The molecule has 4 heteroatoms. The van der Waals surface area contributed by atoms with Crippen LogP contribution in [0.25, 0.3) is 0 Å². The van der Waals surface area contributed by atoms with Gasteiger partial charge in [0.05, 0.1) is 12.8 Å². The smallest absolute Gasteiger partial charge is 0.122 e. The van der Waals surface area contributed by atoms with Gasteiger partial charge in [-0.3, -0.25) is 4.90 Å². The fourth-order valence-corrected chi connectivity index (χ4v) is 3.56. The Hall–Kier alpha value is -1.10. The number of rotatable bonds is 4. The largest absolute Gasteiger partial charge is 0.468 e. The van der Waals surface area contributed by atoms with Gasteiger partial charge in [0.25, 0.3) is 0 Å². The lowest BCUT2D eigenvalue weighted by atomic mass is 10.1. The summed E-state index contributed by atoms with van der Waals surface area (Å²) in [5.41, 5.74) is 2.90. The molecule has 114 valence electrons. The van der Waals surface area contributed by atoms with Crippen molar-refractivity contribution in [3.63, 3.8) is 0 Å². The minimum absolute atomic E-state index is 0.130. The van der Waals surface area contributed by atoms with Crippen molar-refractivity contribution in [2.24, 2.45) is 0 Å². The van der Waals surface area contributed by atoms with E-state index in [1.807, 2.05) is 17.6 Å². The van der Waals surface area contributed by atoms with Crippen LogP contribution in [-0.4, -0.2) is 17.0 Å². The molecule has 0 aliphatic carbocycles. The SMILES string of the molecule is CC(C)(C)NCc1ccoc1CN1CCc2sccc2C1. The summed E-state index contributed by atoms with van der Waals surface area (Å²) in [6, 6.07) is 4.35. The van der Waals surface area contributed by atoms with E-state index in [1.54, 1.807) is 4.88 Å². The Labute approximate surface area is 131 Å². The topological polar surface area (TPSA) is 28.4 Å². The standard InChI is InChI=1S/C17H24N2OS/c1-17(2,3)18-10-13-5-8-20-15(13)12-19-7-4-16-14(11-19)6-9-21-16/h5-6,8-9,18H,4,7,10-12H2,1-3H3. The molecule has 1 aliphatic heterocycles. The highest BCUT2D eigenvalue weighted by atomic mass is 32.1. The summed E-state index contributed by atoms with van der Waals surface area (Å²) in [6.07, 6.45) is 2.98. The molecule has 0 aromatic carbocycles. The Balaban J connectivity index is 1.62. The van der Waals surface area contributed by atoms with Crippen molar-refractivity contribution in [1.29, 1.82) is 0 Å². The Morgan fingerprint density at radius 2 is 2.19 bits per heavy atom. The Morgan fingerprint density at radius 3 is 3.00 bits per heavy atom. The van der Waals surface area contributed by atoms with Crippen molar-refractivity contribution in [3.8, 4) is 0 Å². The van der Waals surface area contributed by atoms with Gasteiger partial charge in [0.2, 0.25) is 0 Å². The molecule has 0 saturated carbocycles. The highest BCUT2D eigenvalue weighted by molar-refractivity contribution is 7.10. The van der Waals surface area contributed by atoms with Crippen LogP contribution in [-0.2, 0) is 26.1 Å². The highest BCUT2D eigenvalue weighted by Crippen LogP contribution is 2.25. The second kappa shape index (κ2) is 5.95. The number of fused-ring (bicyclic) bond motifs is 1. The zero-order valence-electron chi connectivity index (χ0n) is 13.1. The summed E-state index contributed by atoms with van der Waals surface area (Å²) in [6.45, 7) is 10.5. The van der Waals surface area contributed by atoms with Crippen LogP contribution in [0.3, 0.4) is 0 Å². The van der Waals surface area contributed by atoms with Crippen LogP contribution in [0, 0.1) is 0 Å². The lowest BCUT2D eigenvalue weighted by molar-refractivity contribution is 0.225. The minimum Gasteiger partial charge on any atom is -0.468 e. The molecule has 1 N–H and O–H groups in total. The molecule has 0 radical (unpaired) electrons. The molecule has 0 bridgehead atoms. The van der Waals surface area contributed by atoms with E-state index in [4.69, 9.17) is 4.42 Å². The molecule has 0 unspecified atom stereocenters. The van der Waals surface area contributed by atoms with E-state index in [-0.39, 0.29) is 5.54 Å². The first-order valence-corrected chi connectivity index (χ1v) is 8.47. The van der Waals surface area contributed by atoms with Gasteiger partial charge in [-0.05, 0) is 50.3 Å². The number of furan rings is 1. The van der Waals surface area contributed by atoms with Crippen molar-refractivity contribution >= 4 is 11.3 Å². The van der Waals surface area contributed by atoms with Gasteiger partial charge in [0, 0.05) is 35.6 Å². The summed E-state index contributed by atoms with van der Waals surface area (Å²) in [5, 5.41) is 5.74. The number of nitrogens with one attached hydrogen (secondary N) is 1. The van der Waals surface area contributed by atoms with Crippen molar-refractivity contribution in [2.45, 2.75) is 52.4 Å². The maximum Gasteiger partial charge on any atom is 0.122 e. The van der Waals surface area contributed by atoms with Crippen LogP contribution in [0.1, 0.15) is 42.5 Å². The molecule has 21 heavy (non-hydrogen) atoms. The monoisotopic (exact) mass is 304 g/mol. The van der Waals surface area contributed by atoms with E-state index in [0.717, 1.165) is 31.9 Å². The second-order valence-electron chi connectivity index (χ2n) is 6.80. The van der Waals surface area contributed by atoms with E-state index < -0.39 is 0 Å². The van der Waals surface area contributed by atoms with E-state index in [0.29, 0.717) is 0 Å². The Morgan fingerprint density at radius 1 is 1.33 bits per heavy atom. The fraction of sp³-hybridized carbons (Fsp3) is 0.529. The number of nitrogens with zero attached hydrogens (tertiary/aromatic N) is 1. The quantitative estimate of drug-likeness (QED) is 0.931.